The quantitative estimate of drug-likeness (QED) is 0.825. The third kappa shape index (κ3) is 3.96. The van der Waals surface area contributed by atoms with Crippen molar-refractivity contribution in [2.75, 3.05) is 11.9 Å². The number of hydrogen-bond acceptors (Lipinski definition) is 4. The molecule has 28 heavy (non-hydrogen) atoms. The van der Waals surface area contributed by atoms with Crippen LogP contribution in [0, 0.1) is 19.7 Å². The number of para-hydroxylation sites is 1. The number of aryl methyl sites for hydroxylation is 2. The molecule has 0 saturated heterocycles. The van der Waals surface area contributed by atoms with Crippen molar-refractivity contribution in [3.05, 3.63) is 70.5 Å². The summed E-state index contributed by atoms with van der Waals surface area (Å²) in [6.45, 7) is 5.14. The van der Waals surface area contributed by atoms with Crippen molar-refractivity contribution < 1.29 is 17.6 Å². The van der Waals surface area contributed by atoms with E-state index in [1.807, 2.05) is 32.0 Å². The van der Waals surface area contributed by atoms with Crippen molar-refractivity contribution >= 4 is 32.4 Å². The van der Waals surface area contributed by atoms with Gasteiger partial charge in [-0.15, -0.1) is 0 Å². The van der Waals surface area contributed by atoms with Crippen LogP contribution in [0.1, 0.15) is 23.6 Å². The molecule has 3 rings (SSSR count). The fraction of sp³-hybridized carbons (Fsp3) is 0.200. The van der Waals surface area contributed by atoms with Crippen molar-refractivity contribution in [2.45, 2.75) is 20.8 Å². The second kappa shape index (κ2) is 7.55. The number of carbonyl (C=O) groups excluding carboxylic acids is 1. The lowest BCUT2D eigenvalue weighted by Gasteiger charge is -2.10. The van der Waals surface area contributed by atoms with E-state index in [2.05, 4.69) is 15.0 Å². The van der Waals surface area contributed by atoms with Gasteiger partial charge < -0.3 is 5.32 Å². The molecule has 0 spiro atoms. The van der Waals surface area contributed by atoms with Crippen LogP contribution in [-0.4, -0.2) is 26.7 Å². The van der Waals surface area contributed by atoms with Crippen LogP contribution in [-0.2, 0) is 14.8 Å². The topological polar surface area (TPSA) is 87.6 Å². The van der Waals surface area contributed by atoms with Gasteiger partial charge in [-0.2, -0.15) is 0 Å². The van der Waals surface area contributed by atoms with E-state index in [-0.39, 0.29) is 23.2 Å². The van der Waals surface area contributed by atoms with E-state index in [1.165, 1.54) is 24.3 Å². The Morgan fingerprint density at radius 2 is 1.68 bits per heavy atom. The van der Waals surface area contributed by atoms with Crippen LogP contribution in [0.25, 0.3) is 4.91 Å². The highest BCUT2D eigenvalue weighted by Crippen LogP contribution is 2.29. The number of anilines is 1. The zero-order valence-corrected chi connectivity index (χ0v) is 16.5. The van der Waals surface area contributed by atoms with Crippen LogP contribution >= 0.6 is 0 Å². The molecule has 0 saturated carbocycles. The highest BCUT2D eigenvalue weighted by atomic mass is 32.2. The molecule has 0 radical (unpaired) electrons. The standard InChI is InChI=1S/C20H20FN3O3S/c1-12-5-4-6-13(2)18(12)23-17(25)11-22-20-14(3)19(28(26,27)24-20)15-7-9-16(21)10-8-15/h4-10H,11H2,1-3H3,(H,22,24)(H,23,25). The summed E-state index contributed by atoms with van der Waals surface area (Å²) in [4.78, 5) is 16.4. The summed E-state index contributed by atoms with van der Waals surface area (Å²) in [5.41, 5.74) is 3.32. The molecule has 2 N–H and O–H groups in total. The smallest absolute Gasteiger partial charge is 0.264 e. The van der Waals surface area contributed by atoms with Crippen LogP contribution in [0.15, 0.2) is 53.0 Å². The third-order valence-corrected chi connectivity index (χ3v) is 5.97. The van der Waals surface area contributed by atoms with Crippen molar-refractivity contribution in [1.82, 2.24) is 4.72 Å². The number of sulfonamides is 1. The minimum Gasteiger partial charge on any atom is -0.324 e. The third-order valence-electron chi connectivity index (χ3n) is 4.43. The van der Waals surface area contributed by atoms with E-state index in [1.54, 1.807) is 6.92 Å². The normalized spacial score (nSPS) is 16.9. The lowest BCUT2D eigenvalue weighted by Crippen LogP contribution is -2.25. The Kier molecular flexibility index (Phi) is 5.33. The van der Waals surface area contributed by atoms with E-state index in [0.717, 1.165) is 16.8 Å². The van der Waals surface area contributed by atoms with E-state index in [4.69, 9.17) is 0 Å². The number of amidine groups is 1. The number of rotatable bonds is 4. The number of benzene rings is 2. The Hall–Kier alpha value is -3.00. The van der Waals surface area contributed by atoms with Gasteiger partial charge in [0.1, 0.15) is 23.1 Å². The fourth-order valence-corrected chi connectivity index (χ4v) is 4.55. The summed E-state index contributed by atoms with van der Waals surface area (Å²) >= 11 is 0. The van der Waals surface area contributed by atoms with Gasteiger partial charge in [-0.05, 0) is 49.6 Å². The molecule has 0 bridgehead atoms. The van der Waals surface area contributed by atoms with Gasteiger partial charge in [0, 0.05) is 11.3 Å². The van der Waals surface area contributed by atoms with Crippen LogP contribution < -0.4 is 10.0 Å². The Bertz CT molecular complexity index is 1080. The lowest BCUT2D eigenvalue weighted by atomic mass is 10.1. The van der Waals surface area contributed by atoms with Crippen LogP contribution in [0.4, 0.5) is 10.1 Å². The van der Waals surface area contributed by atoms with Gasteiger partial charge in [-0.3, -0.25) is 14.5 Å². The van der Waals surface area contributed by atoms with Gasteiger partial charge in [0.15, 0.2) is 0 Å². The average Bonchev–Trinajstić information content (AvgIpc) is 2.86. The van der Waals surface area contributed by atoms with E-state index in [9.17, 15) is 17.6 Å². The first-order valence-corrected chi connectivity index (χ1v) is 10.1. The molecule has 0 atom stereocenters. The number of hydrogen-bond donors (Lipinski definition) is 2. The molecule has 2 aromatic rings. The molecule has 1 heterocycles. The number of aliphatic imine (C=N–C) groups is 1. The largest absolute Gasteiger partial charge is 0.324 e. The van der Waals surface area contributed by atoms with Gasteiger partial charge in [0.25, 0.3) is 10.0 Å². The minimum absolute atomic E-state index is 0.0291. The Morgan fingerprint density at radius 1 is 1.07 bits per heavy atom. The van der Waals surface area contributed by atoms with Gasteiger partial charge in [0.2, 0.25) is 5.91 Å². The Morgan fingerprint density at radius 3 is 2.29 bits per heavy atom. The molecule has 1 aliphatic rings. The fourth-order valence-electron chi connectivity index (χ4n) is 3.03. The first kappa shape index (κ1) is 19.8. The van der Waals surface area contributed by atoms with E-state index < -0.39 is 15.8 Å². The molecule has 1 aliphatic heterocycles. The molecule has 0 fully saturated rings. The molecular weight excluding hydrogens is 381 g/mol. The molecule has 1 amide bonds. The zero-order valence-electron chi connectivity index (χ0n) is 15.7. The van der Waals surface area contributed by atoms with Crippen LogP contribution in [0.3, 0.4) is 0 Å². The predicted octanol–water partition coefficient (Wildman–Crippen LogP) is 3.14. The van der Waals surface area contributed by atoms with Crippen LogP contribution in [0.5, 0.6) is 0 Å². The van der Waals surface area contributed by atoms with E-state index in [0.29, 0.717) is 11.1 Å². The lowest BCUT2D eigenvalue weighted by molar-refractivity contribution is -0.114. The zero-order chi connectivity index (χ0) is 20.5. The maximum atomic E-state index is 13.1. The molecule has 146 valence electrons. The average molecular weight is 401 g/mol. The Balaban J connectivity index is 1.83. The summed E-state index contributed by atoms with van der Waals surface area (Å²) in [6, 6.07) is 10.9. The monoisotopic (exact) mass is 401 g/mol. The first-order chi connectivity index (χ1) is 13.2. The van der Waals surface area contributed by atoms with Crippen molar-refractivity contribution in [2.24, 2.45) is 4.99 Å². The molecular formula is C20H20FN3O3S. The molecule has 8 heteroatoms. The predicted molar refractivity (Wildman–Crippen MR) is 108 cm³/mol. The molecule has 0 unspecified atom stereocenters. The number of nitrogens with zero attached hydrogens (tertiary/aromatic N) is 1. The highest BCUT2D eigenvalue weighted by Gasteiger charge is 2.32. The van der Waals surface area contributed by atoms with Crippen molar-refractivity contribution in [1.29, 1.82) is 0 Å². The van der Waals surface area contributed by atoms with Gasteiger partial charge in [-0.25, -0.2) is 12.8 Å². The summed E-state index contributed by atoms with van der Waals surface area (Å²) in [6.07, 6.45) is 0. The summed E-state index contributed by atoms with van der Waals surface area (Å²) in [7, 11) is -3.83. The second-order valence-electron chi connectivity index (χ2n) is 6.55. The summed E-state index contributed by atoms with van der Waals surface area (Å²) in [5, 5.41) is 2.81. The van der Waals surface area contributed by atoms with Crippen molar-refractivity contribution in [3.8, 4) is 0 Å². The Labute approximate surface area is 163 Å². The SMILES string of the molecule is CC1=C(c2ccc(F)cc2)S(=O)(=O)NC1=NCC(=O)Nc1c(C)cccc1C. The number of halogens is 1. The maximum Gasteiger partial charge on any atom is 0.264 e. The highest BCUT2D eigenvalue weighted by molar-refractivity contribution is 8.00. The molecule has 0 aromatic heterocycles. The van der Waals surface area contributed by atoms with Crippen molar-refractivity contribution in [3.63, 3.8) is 0 Å². The minimum atomic E-state index is -3.83. The maximum absolute atomic E-state index is 13.1. The second-order valence-corrected chi connectivity index (χ2v) is 8.17. The van der Waals surface area contributed by atoms with Crippen LogP contribution in [0.2, 0.25) is 0 Å². The molecule has 2 aromatic carbocycles. The number of nitrogens with one attached hydrogen (secondary N) is 2. The number of carbonyl (C=O) groups is 1. The molecule has 6 nitrogen and oxygen atoms in total. The summed E-state index contributed by atoms with van der Waals surface area (Å²) < 4.78 is 40.4. The van der Waals surface area contributed by atoms with Gasteiger partial charge in [0.05, 0.1) is 0 Å². The first-order valence-electron chi connectivity index (χ1n) is 8.59. The number of amides is 1. The van der Waals surface area contributed by atoms with E-state index >= 15 is 0 Å². The van der Waals surface area contributed by atoms with Gasteiger partial charge in [-0.1, -0.05) is 30.3 Å². The molecule has 0 aliphatic carbocycles. The van der Waals surface area contributed by atoms with Gasteiger partial charge >= 0.3 is 0 Å². The summed E-state index contributed by atoms with van der Waals surface area (Å²) in [5.74, 6) is -0.703.